The first-order valence-corrected chi connectivity index (χ1v) is 8.46. The van der Waals surface area contributed by atoms with E-state index >= 15 is 0 Å². The van der Waals surface area contributed by atoms with Crippen LogP contribution in [0.2, 0.25) is 0 Å². The maximum absolute atomic E-state index is 4.50. The van der Waals surface area contributed by atoms with Gasteiger partial charge in [0.05, 0.1) is 17.2 Å². The fraction of sp³-hybridized carbons (Fsp3) is 0.733. The normalized spacial score (nSPS) is 12.0. The zero-order valence-corrected chi connectivity index (χ0v) is 14.8. The Morgan fingerprint density at radius 1 is 1.38 bits per heavy atom. The van der Waals surface area contributed by atoms with E-state index in [1.807, 2.05) is 21.0 Å². The summed E-state index contributed by atoms with van der Waals surface area (Å²) in [4.78, 5) is 13.3. The molecule has 0 radical (unpaired) electrons. The number of aromatic nitrogens is 1. The van der Waals surface area contributed by atoms with E-state index in [4.69, 9.17) is 0 Å². The Bertz CT molecular complexity index is 429. The van der Waals surface area contributed by atoms with Crippen LogP contribution in [0.1, 0.15) is 30.5 Å². The second kappa shape index (κ2) is 9.73. The highest BCUT2D eigenvalue weighted by Crippen LogP contribution is 2.09. The van der Waals surface area contributed by atoms with E-state index in [1.165, 1.54) is 12.8 Å². The van der Waals surface area contributed by atoms with Gasteiger partial charge in [0, 0.05) is 32.6 Å². The molecule has 1 aromatic rings. The molecule has 1 N–H and O–H groups in total. The van der Waals surface area contributed by atoms with Crippen molar-refractivity contribution >= 4 is 17.3 Å². The molecule has 5 nitrogen and oxygen atoms in total. The standard InChI is InChI=1S/C15H29N5S/c1-6-7-9-19(4)10-8-17-15(16-3)20(5)11-14-12-21-13(2)18-14/h12H,6-11H2,1-5H3,(H,16,17). The van der Waals surface area contributed by atoms with Crippen molar-refractivity contribution in [2.75, 3.05) is 40.8 Å². The van der Waals surface area contributed by atoms with Crippen molar-refractivity contribution in [3.8, 4) is 0 Å². The monoisotopic (exact) mass is 311 g/mol. The molecule has 21 heavy (non-hydrogen) atoms. The summed E-state index contributed by atoms with van der Waals surface area (Å²) in [7, 11) is 6.04. The quantitative estimate of drug-likeness (QED) is 0.590. The van der Waals surface area contributed by atoms with Gasteiger partial charge in [-0.05, 0) is 26.9 Å². The summed E-state index contributed by atoms with van der Waals surface area (Å²) in [6.07, 6.45) is 2.50. The van der Waals surface area contributed by atoms with Crippen molar-refractivity contribution in [1.29, 1.82) is 0 Å². The van der Waals surface area contributed by atoms with E-state index in [-0.39, 0.29) is 0 Å². The number of nitrogens with one attached hydrogen (secondary N) is 1. The molecule has 0 aliphatic carbocycles. The Labute approximate surface area is 133 Å². The molecule has 0 aliphatic heterocycles. The minimum atomic E-state index is 0.787. The van der Waals surface area contributed by atoms with E-state index in [0.717, 1.165) is 42.8 Å². The van der Waals surface area contributed by atoms with Crippen molar-refractivity contribution in [3.05, 3.63) is 16.1 Å². The van der Waals surface area contributed by atoms with Crippen molar-refractivity contribution < 1.29 is 0 Å². The van der Waals surface area contributed by atoms with Gasteiger partial charge in [0.15, 0.2) is 5.96 Å². The molecule has 0 bridgehead atoms. The third-order valence-corrected chi connectivity index (χ3v) is 4.13. The van der Waals surface area contributed by atoms with E-state index in [2.05, 4.69) is 44.4 Å². The predicted octanol–water partition coefficient (Wildman–Crippen LogP) is 2.19. The van der Waals surface area contributed by atoms with Gasteiger partial charge in [0.25, 0.3) is 0 Å². The fourth-order valence-corrected chi connectivity index (χ4v) is 2.69. The number of likely N-dealkylation sites (N-methyl/N-ethyl adjacent to an activating group) is 1. The van der Waals surface area contributed by atoms with Crippen LogP contribution in [0.3, 0.4) is 0 Å². The molecule has 0 spiro atoms. The summed E-state index contributed by atoms with van der Waals surface area (Å²) in [5.74, 6) is 0.921. The van der Waals surface area contributed by atoms with Crippen LogP contribution in [0.5, 0.6) is 0 Å². The number of unbranched alkanes of at least 4 members (excludes halogenated alkanes) is 1. The summed E-state index contributed by atoms with van der Waals surface area (Å²) in [6.45, 7) is 8.15. The number of hydrogen-bond acceptors (Lipinski definition) is 4. The zero-order chi connectivity index (χ0) is 15.7. The summed E-state index contributed by atoms with van der Waals surface area (Å²) >= 11 is 1.69. The molecule has 0 saturated heterocycles. The maximum Gasteiger partial charge on any atom is 0.193 e. The van der Waals surface area contributed by atoms with E-state index < -0.39 is 0 Å². The van der Waals surface area contributed by atoms with E-state index in [0.29, 0.717) is 0 Å². The van der Waals surface area contributed by atoms with Crippen molar-refractivity contribution in [2.45, 2.75) is 33.2 Å². The van der Waals surface area contributed by atoms with Crippen LogP contribution in [0.25, 0.3) is 0 Å². The number of aryl methyl sites for hydroxylation is 1. The Kier molecular flexibility index (Phi) is 8.30. The zero-order valence-electron chi connectivity index (χ0n) is 14.0. The second-order valence-corrected chi connectivity index (χ2v) is 6.41. The highest BCUT2D eigenvalue weighted by atomic mass is 32.1. The molecule has 1 aromatic heterocycles. The molecule has 6 heteroatoms. The average molecular weight is 311 g/mol. The van der Waals surface area contributed by atoms with Crippen LogP contribution < -0.4 is 5.32 Å². The van der Waals surface area contributed by atoms with Crippen molar-refractivity contribution in [2.24, 2.45) is 4.99 Å². The summed E-state index contributed by atoms with van der Waals surface area (Å²) in [5, 5.41) is 6.63. The molecule has 0 amide bonds. The lowest BCUT2D eigenvalue weighted by Gasteiger charge is -2.23. The van der Waals surface area contributed by atoms with E-state index in [9.17, 15) is 0 Å². The second-order valence-electron chi connectivity index (χ2n) is 5.34. The molecule has 0 fully saturated rings. The van der Waals surface area contributed by atoms with Crippen molar-refractivity contribution in [1.82, 2.24) is 20.1 Å². The third-order valence-electron chi connectivity index (χ3n) is 3.31. The number of rotatable bonds is 8. The molecule has 0 unspecified atom stereocenters. The highest BCUT2D eigenvalue weighted by molar-refractivity contribution is 7.09. The summed E-state index contributed by atoms with van der Waals surface area (Å²) < 4.78 is 0. The van der Waals surface area contributed by atoms with Gasteiger partial charge >= 0.3 is 0 Å². The van der Waals surface area contributed by atoms with Gasteiger partial charge in [-0.15, -0.1) is 11.3 Å². The number of guanidine groups is 1. The minimum absolute atomic E-state index is 0.787. The third kappa shape index (κ3) is 6.91. The van der Waals surface area contributed by atoms with Crippen LogP contribution in [0.4, 0.5) is 0 Å². The van der Waals surface area contributed by atoms with Gasteiger partial charge in [-0.2, -0.15) is 0 Å². The smallest absolute Gasteiger partial charge is 0.193 e. The number of hydrogen-bond donors (Lipinski definition) is 1. The van der Waals surface area contributed by atoms with Gasteiger partial charge in [0.1, 0.15) is 0 Å². The summed E-state index contributed by atoms with van der Waals surface area (Å²) in [6, 6.07) is 0. The fourth-order valence-electron chi connectivity index (χ4n) is 2.08. The Balaban J connectivity index is 2.33. The maximum atomic E-state index is 4.50. The lowest BCUT2D eigenvalue weighted by molar-refractivity contribution is 0.329. The predicted molar refractivity (Wildman–Crippen MR) is 92.1 cm³/mol. The molecule has 1 heterocycles. The first-order valence-electron chi connectivity index (χ1n) is 7.58. The molecule has 0 aliphatic rings. The largest absolute Gasteiger partial charge is 0.355 e. The average Bonchev–Trinajstić information content (AvgIpc) is 2.86. The van der Waals surface area contributed by atoms with Crippen LogP contribution in [0, 0.1) is 6.92 Å². The number of nitrogens with zero attached hydrogens (tertiary/aromatic N) is 4. The topological polar surface area (TPSA) is 43.8 Å². The molecule has 0 atom stereocenters. The Morgan fingerprint density at radius 2 is 2.14 bits per heavy atom. The Morgan fingerprint density at radius 3 is 2.71 bits per heavy atom. The van der Waals surface area contributed by atoms with E-state index in [1.54, 1.807) is 11.3 Å². The summed E-state index contributed by atoms with van der Waals surface area (Å²) in [5.41, 5.74) is 1.10. The lowest BCUT2D eigenvalue weighted by Crippen LogP contribution is -2.41. The van der Waals surface area contributed by atoms with Gasteiger partial charge in [-0.25, -0.2) is 4.98 Å². The highest BCUT2D eigenvalue weighted by Gasteiger charge is 2.08. The SMILES string of the molecule is CCCCN(C)CCNC(=NC)N(C)Cc1csc(C)n1. The van der Waals surface area contributed by atoms with Crippen LogP contribution in [-0.2, 0) is 6.54 Å². The number of aliphatic imine (C=N–C) groups is 1. The molecule has 1 rings (SSSR count). The van der Waals surface area contributed by atoms with Gasteiger partial charge in [-0.1, -0.05) is 13.3 Å². The first-order chi connectivity index (χ1) is 10.1. The molecular weight excluding hydrogens is 282 g/mol. The van der Waals surface area contributed by atoms with Crippen LogP contribution >= 0.6 is 11.3 Å². The Hall–Kier alpha value is -1.14. The first kappa shape index (κ1) is 17.9. The van der Waals surface area contributed by atoms with Crippen molar-refractivity contribution in [3.63, 3.8) is 0 Å². The lowest BCUT2D eigenvalue weighted by atomic mass is 10.3. The minimum Gasteiger partial charge on any atom is -0.355 e. The van der Waals surface area contributed by atoms with Gasteiger partial charge in [-0.3, -0.25) is 4.99 Å². The molecule has 0 saturated carbocycles. The van der Waals surface area contributed by atoms with Gasteiger partial charge < -0.3 is 15.1 Å². The number of thiazole rings is 1. The molecule has 0 aromatic carbocycles. The van der Waals surface area contributed by atoms with Crippen LogP contribution in [0.15, 0.2) is 10.4 Å². The van der Waals surface area contributed by atoms with Crippen LogP contribution in [-0.4, -0.2) is 61.5 Å². The molecular formula is C15H29N5S. The molecule has 120 valence electrons. The van der Waals surface area contributed by atoms with Gasteiger partial charge in [0.2, 0.25) is 0 Å².